The van der Waals surface area contributed by atoms with Crippen molar-refractivity contribution in [3.05, 3.63) is 0 Å². The fourth-order valence-corrected chi connectivity index (χ4v) is 7.28. The van der Waals surface area contributed by atoms with Crippen molar-refractivity contribution >= 4 is 12.4 Å². The highest BCUT2D eigenvalue weighted by Crippen LogP contribution is 2.65. The number of fused-ring (bicyclic) bond motifs is 5. The molecule has 0 unspecified atom stereocenters. The van der Waals surface area contributed by atoms with E-state index in [4.69, 9.17) is 5.73 Å². The molecule has 0 bridgehead atoms. The van der Waals surface area contributed by atoms with E-state index in [-0.39, 0.29) is 18.5 Å². The maximum absolute atomic E-state index is 10.1. The predicted molar refractivity (Wildman–Crippen MR) is 93.0 cm³/mol. The first-order valence-electron chi connectivity index (χ1n) is 9.39. The molecule has 0 amide bonds. The van der Waals surface area contributed by atoms with Crippen LogP contribution in [-0.2, 0) is 0 Å². The summed E-state index contributed by atoms with van der Waals surface area (Å²) >= 11 is 0. The molecule has 4 fully saturated rings. The minimum Gasteiger partial charge on any atom is -0.393 e. The van der Waals surface area contributed by atoms with Crippen LogP contribution in [0.25, 0.3) is 0 Å². The van der Waals surface area contributed by atoms with Gasteiger partial charge in [-0.05, 0) is 92.3 Å². The molecule has 0 heterocycles. The molecule has 4 aliphatic rings. The molecule has 4 aliphatic carbocycles. The molecule has 0 spiro atoms. The highest BCUT2D eigenvalue weighted by Gasteiger charge is 2.59. The second-order valence-corrected chi connectivity index (χ2v) is 9.31. The molecule has 0 aliphatic heterocycles. The highest BCUT2D eigenvalue weighted by molar-refractivity contribution is 5.85. The summed E-state index contributed by atoms with van der Waals surface area (Å²) in [6.07, 6.45) is 11.5. The third kappa shape index (κ3) is 2.20. The van der Waals surface area contributed by atoms with Crippen molar-refractivity contribution in [3.63, 3.8) is 0 Å². The standard InChI is InChI=1S/C19H33NO.ClH/c1-18-9-7-13(21)11-12(18)3-4-14-15-5-6-17(20)19(15,2)10-8-16(14)18;/h12-17,21H,3-11,20H2,1-2H3;1H/t12-,13+,14-,15-,16-,17+,18-,19-;/m0./s1. The topological polar surface area (TPSA) is 46.2 Å². The van der Waals surface area contributed by atoms with Crippen molar-refractivity contribution in [1.82, 2.24) is 0 Å². The van der Waals surface area contributed by atoms with Gasteiger partial charge in [-0.2, -0.15) is 0 Å². The second-order valence-electron chi connectivity index (χ2n) is 9.31. The Labute approximate surface area is 142 Å². The Hall–Kier alpha value is 0.210. The molecule has 4 rings (SSSR count). The van der Waals surface area contributed by atoms with E-state index >= 15 is 0 Å². The average molecular weight is 328 g/mol. The number of aliphatic hydroxyl groups excluding tert-OH is 1. The van der Waals surface area contributed by atoms with E-state index in [1.807, 2.05) is 0 Å². The van der Waals surface area contributed by atoms with Gasteiger partial charge in [-0.1, -0.05) is 13.8 Å². The fourth-order valence-electron chi connectivity index (χ4n) is 7.28. The molecule has 128 valence electrons. The van der Waals surface area contributed by atoms with Crippen LogP contribution in [-0.4, -0.2) is 17.3 Å². The highest BCUT2D eigenvalue weighted by atomic mass is 35.5. The van der Waals surface area contributed by atoms with Crippen LogP contribution in [0, 0.1) is 34.5 Å². The predicted octanol–water partition coefficient (Wildman–Crippen LogP) is 4.14. The third-order valence-corrected chi connectivity index (χ3v) is 8.71. The SMILES string of the molecule is C[C@]12CC[C@@H](O)C[C@@H]1CC[C@@H]1[C@@H]2CC[C@]2(C)[C@H](N)CC[C@@H]12.Cl. The zero-order valence-electron chi connectivity index (χ0n) is 14.3. The van der Waals surface area contributed by atoms with Gasteiger partial charge in [-0.25, -0.2) is 0 Å². The third-order valence-electron chi connectivity index (χ3n) is 8.71. The molecule has 3 N–H and O–H groups in total. The first-order chi connectivity index (χ1) is 9.95. The van der Waals surface area contributed by atoms with Gasteiger partial charge in [0.05, 0.1) is 6.10 Å². The van der Waals surface area contributed by atoms with E-state index in [1.54, 1.807) is 0 Å². The molecule has 2 nitrogen and oxygen atoms in total. The monoisotopic (exact) mass is 327 g/mol. The van der Waals surface area contributed by atoms with Crippen LogP contribution < -0.4 is 5.73 Å². The Morgan fingerprint density at radius 2 is 1.55 bits per heavy atom. The van der Waals surface area contributed by atoms with E-state index in [0.29, 0.717) is 16.9 Å². The van der Waals surface area contributed by atoms with Crippen molar-refractivity contribution in [1.29, 1.82) is 0 Å². The molecule has 4 saturated carbocycles. The first-order valence-corrected chi connectivity index (χ1v) is 9.39. The number of nitrogens with two attached hydrogens (primary N) is 1. The average Bonchev–Trinajstić information content (AvgIpc) is 2.76. The molecule has 0 aromatic rings. The van der Waals surface area contributed by atoms with E-state index < -0.39 is 0 Å². The quantitative estimate of drug-likeness (QED) is 0.702. The van der Waals surface area contributed by atoms with E-state index in [0.717, 1.165) is 36.5 Å². The van der Waals surface area contributed by atoms with Gasteiger partial charge in [0.15, 0.2) is 0 Å². The van der Waals surface area contributed by atoms with Crippen molar-refractivity contribution in [2.24, 2.45) is 40.2 Å². The molecule has 22 heavy (non-hydrogen) atoms. The smallest absolute Gasteiger partial charge is 0.0543 e. The van der Waals surface area contributed by atoms with Crippen LogP contribution in [0.4, 0.5) is 0 Å². The Balaban J connectivity index is 0.00000144. The van der Waals surface area contributed by atoms with Gasteiger partial charge in [0.2, 0.25) is 0 Å². The Morgan fingerprint density at radius 3 is 2.32 bits per heavy atom. The van der Waals surface area contributed by atoms with Crippen LogP contribution in [0.2, 0.25) is 0 Å². The van der Waals surface area contributed by atoms with Crippen LogP contribution in [0.3, 0.4) is 0 Å². The molecule has 0 aromatic carbocycles. The van der Waals surface area contributed by atoms with Crippen LogP contribution in [0.5, 0.6) is 0 Å². The summed E-state index contributed by atoms with van der Waals surface area (Å²) in [5.74, 6) is 3.50. The minimum atomic E-state index is -0.0200. The lowest BCUT2D eigenvalue weighted by Gasteiger charge is -2.60. The van der Waals surface area contributed by atoms with E-state index in [2.05, 4.69) is 13.8 Å². The molecular formula is C19H34ClNO. The van der Waals surface area contributed by atoms with Gasteiger partial charge < -0.3 is 10.8 Å². The molecule has 3 heteroatoms. The summed E-state index contributed by atoms with van der Waals surface area (Å²) in [5.41, 5.74) is 7.43. The van der Waals surface area contributed by atoms with Gasteiger partial charge >= 0.3 is 0 Å². The number of hydrogen-bond donors (Lipinski definition) is 2. The number of rotatable bonds is 0. The number of halogens is 1. The molecule has 0 aromatic heterocycles. The lowest BCUT2D eigenvalue weighted by atomic mass is 9.45. The Morgan fingerprint density at radius 1 is 0.864 bits per heavy atom. The van der Waals surface area contributed by atoms with Crippen molar-refractivity contribution in [2.45, 2.75) is 83.8 Å². The second kappa shape index (κ2) is 5.63. The molecule has 8 atom stereocenters. The zero-order chi connectivity index (χ0) is 14.8. The van der Waals surface area contributed by atoms with Crippen LogP contribution in [0.1, 0.15) is 71.6 Å². The van der Waals surface area contributed by atoms with Crippen molar-refractivity contribution < 1.29 is 5.11 Å². The van der Waals surface area contributed by atoms with E-state index in [9.17, 15) is 5.11 Å². The van der Waals surface area contributed by atoms with Gasteiger partial charge in [0, 0.05) is 6.04 Å². The largest absolute Gasteiger partial charge is 0.393 e. The fraction of sp³-hybridized carbons (Fsp3) is 1.00. The number of hydrogen-bond acceptors (Lipinski definition) is 2. The van der Waals surface area contributed by atoms with Crippen molar-refractivity contribution in [3.8, 4) is 0 Å². The summed E-state index contributed by atoms with van der Waals surface area (Å²) in [7, 11) is 0. The van der Waals surface area contributed by atoms with Gasteiger partial charge in [-0.15, -0.1) is 12.4 Å². The number of aliphatic hydroxyl groups is 1. The van der Waals surface area contributed by atoms with Crippen molar-refractivity contribution in [2.75, 3.05) is 0 Å². The van der Waals surface area contributed by atoms with Gasteiger partial charge in [0.1, 0.15) is 0 Å². The summed E-state index contributed by atoms with van der Waals surface area (Å²) < 4.78 is 0. The lowest BCUT2D eigenvalue weighted by molar-refractivity contribution is -0.122. The maximum Gasteiger partial charge on any atom is 0.0543 e. The van der Waals surface area contributed by atoms with Gasteiger partial charge in [-0.3, -0.25) is 0 Å². The van der Waals surface area contributed by atoms with Crippen LogP contribution in [0.15, 0.2) is 0 Å². The summed E-state index contributed by atoms with van der Waals surface area (Å²) in [5, 5.41) is 10.1. The maximum atomic E-state index is 10.1. The lowest BCUT2D eigenvalue weighted by Crippen LogP contribution is -2.55. The summed E-state index contributed by atoms with van der Waals surface area (Å²) in [6.45, 7) is 5.06. The zero-order valence-corrected chi connectivity index (χ0v) is 15.1. The molecule has 0 radical (unpaired) electrons. The van der Waals surface area contributed by atoms with E-state index in [1.165, 1.54) is 44.9 Å². The Kier molecular flexibility index (Phi) is 4.37. The minimum absolute atomic E-state index is 0. The first kappa shape index (κ1) is 17.0. The van der Waals surface area contributed by atoms with Crippen LogP contribution >= 0.6 is 12.4 Å². The molecule has 0 saturated heterocycles. The summed E-state index contributed by atoms with van der Waals surface area (Å²) in [6, 6.07) is 0.446. The van der Waals surface area contributed by atoms with Gasteiger partial charge in [0.25, 0.3) is 0 Å². The summed E-state index contributed by atoms with van der Waals surface area (Å²) in [4.78, 5) is 0. The Bertz CT molecular complexity index is 430. The normalized spacial score (nSPS) is 57.3. The molecular weight excluding hydrogens is 294 g/mol.